The van der Waals surface area contributed by atoms with Crippen LogP contribution in [0.3, 0.4) is 0 Å². The number of hydrogen-bond donors (Lipinski definition) is 1. The lowest BCUT2D eigenvalue weighted by molar-refractivity contribution is 0.104. The number of aryl methyl sites for hydroxylation is 1. The highest BCUT2D eigenvalue weighted by Gasteiger charge is 2.36. The van der Waals surface area contributed by atoms with Gasteiger partial charge < -0.3 is 5.73 Å². The molecule has 3 aliphatic rings. The van der Waals surface area contributed by atoms with Crippen molar-refractivity contribution in [2.24, 2.45) is 0 Å². The lowest BCUT2D eigenvalue weighted by Crippen LogP contribution is -2.21. The van der Waals surface area contributed by atoms with E-state index in [4.69, 9.17) is 5.73 Å². The van der Waals surface area contributed by atoms with Gasteiger partial charge in [0.25, 0.3) is 0 Å². The number of benzene rings is 2. The summed E-state index contributed by atoms with van der Waals surface area (Å²) in [5, 5.41) is 0. The summed E-state index contributed by atoms with van der Waals surface area (Å²) in [6.07, 6.45) is 9.43. The molecule has 1 fully saturated rings. The van der Waals surface area contributed by atoms with Crippen LogP contribution in [-0.2, 0) is 12.8 Å². The van der Waals surface area contributed by atoms with Crippen LogP contribution >= 0.6 is 0 Å². The smallest absolute Gasteiger partial charge is 0.186 e. The van der Waals surface area contributed by atoms with E-state index < -0.39 is 0 Å². The molecule has 3 aliphatic carbocycles. The molecule has 0 heterocycles. The Kier molecular flexibility index (Phi) is 4.15. The van der Waals surface area contributed by atoms with Crippen molar-refractivity contribution in [3.05, 3.63) is 75.1 Å². The van der Waals surface area contributed by atoms with Gasteiger partial charge in [0, 0.05) is 17.2 Å². The minimum Gasteiger partial charge on any atom is -0.398 e. The second-order valence-electron chi connectivity index (χ2n) is 8.69. The number of ketones is 1. The van der Waals surface area contributed by atoms with E-state index in [2.05, 4.69) is 6.07 Å². The molecule has 2 aromatic carbocycles. The SMILES string of the molecule is CC1=CC(=O)c2c3c(cc(N)c2C1c1cc(F)ccc1C1CC1)CCCCC3. The molecule has 0 aromatic heterocycles. The Morgan fingerprint density at radius 2 is 1.82 bits per heavy atom. The Labute approximate surface area is 165 Å². The first-order valence-electron chi connectivity index (χ1n) is 10.5. The van der Waals surface area contributed by atoms with Gasteiger partial charge in [0.05, 0.1) is 0 Å². The van der Waals surface area contributed by atoms with Crippen LogP contribution in [0.25, 0.3) is 0 Å². The van der Waals surface area contributed by atoms with Gasteiger partial charge >= 0.3 is 0 Å². The van der Waals surface area contributed by atoms with Crippen LogP contribution in [0.1, 0.15) is 89.0 Å². The summed E-state index contributed by atoms with van der Waals surface area (Å²) in [7, 11) is 0. The molecule has 0 spiro atoms. The predicted molar refractivity (Wildman–Crippen MR) is 110 cm³/mol. The highest BCUT2D eigenvalue weighted by atomic mass is 19.1. The van der Waals surface area contributed by atoms with Crippen LogP contribution in [0.15, 0.2) is 35.9 Å². The number of fused-ring (bicyclic) bond motifs is 3. The Bertz CT molecular complexity index is 1020. The Morgan fingerprint density at radius 1 is 1.04 bits per heavy atom. The predicted octanol–water partition coefficient (Wildman–Crippen LogP) is 5.83. The molecule has 28 heavy (non-hydrogen) atoms. The highest BCUT2D eigenvalue weighted by Crippen LogP contribution is 2.49. The molecule has 0 bridgehead atoms. The van der Waals surface area contributed by atoms with E-state index >= 15 is 0 Å². The Morgan fingerprint density at radius 3 is 2.61 bits per heavy atom. The zero-order valence-corrected chi connectivity index (χ0v) is 16.4. The molecule has 1 unspecified atom stereocenters. The van der Waals surface area contributed by atoms with Gasteiger partial charge in [-0.1, -0.05) is 18.1 Å². The molecule has 0 radical (unpaired) electrons. The molecule has 2 nitrogen and oxygen atoms in total. The van der Waals surface area contributed by atoms with Crippen molar-refractivity contribution in [3.63, 3.8) is 0 Å². The molecule has 5 rings (SSSR count). The van der Waals surface area contributed by atoms with Gasteiger partial charge in [-0.25, -0.2) is 4.39 Å². The van der Waals surface area contributed by atoms with Gasteiger partial charge in [0.15, 0.2) is 5.78 Å². The van der Waals surface area contributed by atoms with Crippen LogP contribution < -0.4 is 5.73 Å². The summed E-state index contributed by atoms with van der Waals surface area (Å²) in [5.74, 6) is 0.219. The van der Waals surface area contributed by atoms with Crippen molar-refractivity contribution in [2.75, 3.05) is 5.73 Å². The maximum atomic E-state index is 14.3. The Balaban J connectivity index is 1.77. The average Bonchev–Trinajstić information content (AvgIpc) is 3.49. The maximum absolute atomic E-state index is 14.3. The third kappa shape index (κ3) is 2.80. The third-order valence-corrected chi connectivity index (χ3v) is 6.70. The van der Waals surface area contributed by atoms with Crippen LogP contribution in [0, 0.1) is 5.82 Å². The van der Waals surface area contributed by atoms with Gasteiger partial charge in [0.1, 0.15) is 5.82 Å². The van der Waals surface area contributed by atoms with E-state index in [0.29, 0.717) is 11.6 Å². The minimum absolute atomic E-state index is 0.0681. The van der Waals surface area contributed by atoms with Crippen molar-refractivity contribution in [1.29, 1.82) is 0 Å². The van der Waals surface area contributed by atoms with Gasteiger partial charge in [0.2, 0.25) is 0 Å². The van der Waals surface area contributed by atoms with Crippen molar-refractivity contribution >= 4 is 11.5 Å². The van der Waals surface area contributed by atoms with Crippen molar-refractivity contribution in [3.8, 4) is 0 Å². The number of anilines is 1. The standard InChI is InChI=1S/C25H26FNO/c1-14-11-22(28)24-19-6-4-2-3-5-16(19)12-21(27)25(24)23(14)20-13-17(26)9-10-18(20)15-7-8-15/h9-13,15,23H,2-8,27H2,1H3. The van der Waals surface area contributed by atoms with Crippen molar-refractivity contribution in [2.45, 2.75) is 63.7 Å². The largest absolute Gasteiger partial charge is 0.398 e. The number of halogens is 1. The molecule has 2 N–H and O–H groups in total. The van der Waals surface area contributed by atoms with E-state index in [1.54, 1.807) is 18.2 Å². The molecule has 1 atom stereocenters. The van der Waals surface area contributed by atoms with E-state index in [-0.39, 0.29) is 17.5 Å². The normalized spacial score (nSPS) is 21.6. The molecule has 3 heteroatoms. The molecule has 144 valence electrons. The number of rotatable bonds is 2. The van der Waals surface area contributed by atoms with Gasteiger partial charge in [-0.2, -0.15) is 0 Å². The summed E-state index contributed by atoms with van der Waals surface area (Å²) in [6.45, 7) is 1.98. The minimum atomic E-state index is -0.223. The summed E-state index contributed by atoms with van der Waals surface area (Å²) in [4.78, 5) is 13.1. The van der Waals surface area contributed by atoms with Crippen LogP contribution in [0.5, 0.6) is 0 Å². The number of carbonyl (C=O) groups excluding carboxylic acids is 1. The number of carbonyl (C=O) groups is 1. The van der Waals surface area contributed by atoms with Gasteiger partial charge in [-0.05, 0) is 103 Å². The Hall–Kier alpha value is -2.42. The second kappa shape index (κ2) is 6.58. The van der Waals surface area contributed by atoms with E-state index in [9.17, 15) is 9.18 Å². The zero-order chi connectivity index (χ0) is 19.4. The van der Waals surface area contributed by atoms with E-state index in [1.807, 2.05) is 13.0 Å². The molecular formula is C25H26FNO. The van der Waals surface area contributed by atoms with Gasteiger partial charge in [-0.3, -0.25) is 4.79 Å². The molecule has 2 aromatic rings. The van der Waals surface area contributed by atoms with Crippen LogP contribution in [0.4, 0.5) is 10.1 Å². The summed E-state index contributed by atoms with van der Waals surface area (Å²) < 4.78 is 14.3. The monoisotopic (exact) mass is 375 g/mol. The zero-order valence-electron chi connectivity index (χ0n) is 16.4. The number of nitrogens with two attached hydrogens (primary N) is 1. The second-order valence-corrected chi connectivity index (χ2v) is 8.69. The summed E-state index contributed by atoms with van der Waals surface area (Å²) >= 11 is 0. The fourth-order valence-electron chi connectivity index (χ4n) is 5.27. The number of hydrogen-bond acceptors (Lipinski definition) is 2. The van der Waals surface area contributed by atoms with Crippen molar-refractivity contribution in [1.82, 2.24) is 0 Å². The fourth-order valence-corrected chi connectivity index (χ4v) is 5.27. The number of nitrogen functional groups attached to an aromatic ring is 1. The maximum Gasteiger partial charge on any atom is 0.186 e. The van der Waals surface area contributed by atoms with Crippen molar-refractivity contribution < 1.29 is 9.18 Å². The topological polar surface area (TPSA) is 43.1 Å². The summed E-state index contributed by atoms with van der Waals surface area (Å²) in [5.41, 5.74) is 14.6. The average molecular weight is 375 g/mol. The van der Waals surface area contributed by atoms with Crippen LogP contribution in [-0.4, -0.2) is 5.78 Å². The fraction of sp³-hybridized carbons (Fsp3) is 0.400. The lowest BCUT2D eigenvalue weighted by atomic mass is 9.73. The molecule has 0 aliphatic heterocycles. The first-order chi connectivity index (χ1) is 13.5. The summed E-state index contributed by atoms with van der Waals surface area (Å²) in [6, 6.07) is 7.26. The molecule has 0 saturated heterocycles. The van der Waals surface area contributed by atoms with E-state index in [1.165, 1.54) is 23.1 Å². The van der Waals surface area contributed by atoms with E-state index in [0.717, 1.165) is 60.8 Å². The first kappa shape index (κ1) is 17.7. The first-order valence-corrected chi connectivity index (χ1v) is 10.5. The molecule has 1 saturated carbocycles. The quantitative estimate of drug-likeness (QED) is 0.530. The number of allylic oxidation sites excluding steroid dienone is 2. The van der Waals surface area contributed by atoms with Gasteiger partial charge in [-0.15, -0.1) is 0 Å². The highest BCUT2D eigenvalue weighted by molar-refractivity contribution is 6.10. The molecule has 0 amide bonds. The third-order valence-electron chi connectivity index (χ3n) is 6.70. The molecular weight excluding hydrogens is 349 g/mol. The van der Waals surface area contributed by atoms with Crippen LogP contribution in [0.2, 0.25) is 0 Å². The lowest BCUT2D eigenvalue weighted by Gasteiger charge is -2.31.